The van der Waals surface area contributed by atoms with Gasteiger partial charge in [-0.3, -0.25) is 0 Å². The Hall–Kier alpha value is -0.860. The van der Waals surface area contributed by atoms with Crippen LogP contribution in [0.25, 0.3) is 0 Å². The molecular formula is C23H28O2. The van der Waals surface area contributed by atoms with Crippen molar-refractivity contribution in [3.8, 4) is 0 Å². The average Bonchev–Trinajstić information content (AvgIpc) is 3.35. The molecule has 0 aromatic rings. The number of ether oxygens (including phenoxy) is 1. The first-order chi connectivity index (χ1) is 12.1. The van der Waals surface area contributed by atoms with Crippen molar-refractivity contribution in [2.24, 2.45) is 51.8 Å². The SMILES string of the molecule is C=CC[C@]12C3C4C5C6C(C3[C@@]1(CC=C)[C@]6(O)O[C@@]52C=C)C41CCCC1. The van der Waals surface area contributed by atoms with Crippen LogP contribution in [0.2, 0.25) is 0 Å². The molecule has 2 saturated heterocycles. The standard InChI is InChI=1S/C23H28O2/c1-4-9-20-15-13-17-18-14(19(13)11-7-8-12-19)16(15)21(20,10-5-2)23(18,24)25-22(17,20)6-3/h4-6,13-18,24H,1-3,7-12H2/t13?,14?,15?,16?,17?,18?,20-,21+,22-,23+/m0/s1. The van der Waals surface area contributed by atoms with Crippen molar-refractivity contribution in [2.45, 2.75) is 49.9 Å². The Balaban J connectivity index is 1.59. The third-order valence-electron chi connectivity index (χ3n) is 11.0. The van der Waals surface area contributed by atoms with Crippen LogP contribution in [-0.2, 0) is 4.74 Å². The summed E-state index contributed by atoms with van der Waals surface area (Å²) in [5.74, 6) is 2.68. The zero-order valence-corrected chi connectivity index (χ0v) is 14.9. The maximum atomic E-state index is 12.1. The highest BCUT2D eigenvalue weighted by atomic mass is 16.7. The monoisotopic (exact) mass is 336 g/mol. The van der Waals surface area contributed by atoms with Crippen LogP contribution in [0.4, 0.5) is 0 Å². The van der Waals surface area contributed by atoms with E-state index in [1.54, 1.807) is 0 Å². The van der Waals surface area contributed by atoms with Gasteiger partial charge in [0.05, 0.1) is 5.60 Å². The molecule has 8 rings (SSSR count). The van der Waals surface area contributed by atoms with Gasteiger partial charge >= 0.3 is 0 Å². The van der Waals surface area contributed by atoms with Crippen LogP contribution < -0.4 is 0 Å². The molecule has 2 nitrogen and oxygen atoms in total. The molecule has 8 fully saturated rings. The molecular weight excluding hydrogens is 308 g/mol. The number of hydrogen-bond acceptors (Lipinski definition) is 2. The highest BCUT2D eigenvalue weighted by molar-refractivity contribution is 5.55. The summed E-state index contributed by atoms with van der Waals surface area (Å²) in [4.78, 5) is 0. The molecule has 2 aliphatic heterocycles. The van der Waals surface area contributed by atoms with Crippen LogP contribution in [0.15, 0.2) is 38.0 Å². The van der Waals surface area contributed by atoms with E-state index in [4.69, 9.17) is 4.74 Å². The zero-order chi connectivity index (χ0) is 17.0. The van der Waals surface area contributed by atoms with Crippen molar-refractivity contribution < 1.29 is 9.84 Å². The Bertz CT molecular complexity index is 764. The average molecular weight is 336 g/mol. The fourth-order valence-corrected chi connectivity index (χ4v) is 11.5. The highest BCUT2D eigenvalue weighted by Crippen LogP contribution is 3.05. The van der Waals surface area contributed by atoms with Crippen molar-refractivity contribution in [1.29, 1.82) is 0 Å². The molecule has 25 heavy (non-hydrogen) atoms. The van der Waals surface area contributed by atoms with E-state index >= 15 is 0 Å². The van der Waals surface area contributed by atoms with E-state index in [1.807, 2.05) is 0 Å². The quantitative estimate of drug-likeness (QED) is 0.767. The van der Waals surface area contributed by atoms with Crippen molar-refractivity contribution in [3.05, 3.63) is 38.0 Å². The molecule has 1 spiro atoms. The summed E-state index contributed by atoms with van der Waals surface area (Å²) in [6.45, 7) is 12.5. The molecule has 132 valence electrons. The minimum atomic E-state index is -0.949. The van der Waals surface area contributed by atoms with Gasteiger partial charge in [0, 0.05) is 22.7 Å². The van der Waals surface area contributed by atoms with E-state index in [0.717, 1.165) is 18.8 Å². The van der Waals surface area contributed by atoms with Crippen LogP contribution in [0, 0.1) is 51.8 Å². The topological polar surface area (TPSA) is 29.5 Å². The van der Waals surface area contributed by atoms with Gasteiger partial charge in [-0.05, 0) is 54.8 Å². The molecule has 2 heteroatoms. The molecule has 0 aromatic carbocycles. The maximum Gasteiger partial charge on any atom is 0.177 e. The second-order valence-electron chi connectivity index (χ2n) is 10.3. The minimum Gasteiger partial charge on any atom is -0.365 e. The molecule has 6 saturated carbocycles. The fourth-order valence-electron chi connectivity index (χ4n) is 11.5. The predicted octanol–water partition coefficient (Wildman–Crippen LogP) is 4.08. The molecule has 0 aromatic heterocycles. The normalized spacial score (nSPS) is 67.6. The number of hydrogen-bond donors (Lipinski definition) is 1. The lowest BCUT2D eigenvalue weighted by Gasteiger charge is -2.66. The van der Waals surface area contributed by atoms with Gasteiger partial charge in [-0.1, -0.05) is 31.1 Å². The Kier molecular flexibility index (Phi) is 1.98. The van der Waals surface area contributed by atoms with Gasteiger partial charge in [0.1, 0.15) is 0 Å². The van der Waals surface area contributed by atoms with Crippen molar-refractivity contribution in [3.63, 3.8) is 0 Å². The van der Waals surface area contributed by atoms with Crippen LogP contribution >= 0.6 is 0 Å². The van der Waals surface area contributed by atoms with E-state index in [2.05, 4.69) is 38.0 Å². The van der Waals surface area contributed by atoms with E-state index in [0.29, 0.717) is 35.0 Å². The van der Waals surface area contributed by atoms with Crippen LogP contribution in [0.5, 0.6) is 0 Å². The minimum absolute atomic E-state index is 0.0176. The van der Waals surface area contributed by atoms with Crippen molar-refractivity contribution in [1.82, 2.24) is 0 Å². The molecule has 6 aliphatic carbocycles. The second-order valence-corrected chi connectivity index (χ2v) is 10.3. The second kappa shape index (κ2) is 3.47. The Morgan fingerprint density at radius 3 is 2.08 bits per heavy atom. The smallest absolute Gasteiger partial charge is 0.177 e. The van der Waals surface area contributed by atoms with Crippen molar-refractivity contribution >= 4 is 0 Å². The van der Waals surface area contributed by atoms with Gasteiger partial charge < -0.3 is 9.84 Å². The van der Waals surface area contributed by atoms with E-state index in [1.165, 1.54) is 25.7 Å². The van der Waals surface area contributed by atoms with Crippen molar-refractivity contribution in [2.75, 3.05) is 0 Å². The lowest BCUT2D eigenvalue weighted by molar-refractivity contribution is -0.265. The summed E-state index contributed by atoms with van der Waals surface area (Å²) in [6, 6.07) is 0. The van der Waals surface area contributed by atoms with E-state index < -0.39 is 5.79 Å². The van der Waals surface area contributed by atoms with Gasteiger partial charge in [0.25, 0.3) is 0 Å². The summed E-state index contributed by atoms with van der Waals surface area (Å²) in [5, 5.41) is 12.1. The molecule has 6 unspecified atom stereocenters. The first kappa shape index (κ1) is 14.2. The van der Waals surface area contributed by atoms with Crippen LogP contribution in [-0.4, -0.2) is 16.5 Å². The van der Waals surface area contributed by atoms with Gasteiger partial charge in [-0.15, -0.1) is 19.7 Å². The maximum absolute atomic E-state index is 12.1. The molecule has 0 amide bonds. The van der Waals surface area contributed by atoms with Gasteiger partial charge in [-0.25, -0.2) is 0 Å². The van der Waals surface area contributed by atoms with E-state index in [9.17, 15) is 5.11 Å². The molecule has 10 atom stereocenters. The van der Waals surface area contributed by atoms with Gasteiger partial charge in [-0.2, -0.15) is 0 Å². The first-order valence-electron chi connectivity index (χ1n) is 10.4. The summed E-state index contributed by atoms with van der Waals surface area (Å²) >= 11 is 0. The van der Waals surface area contributed by atoms with Gasteiger partial charge in [0.2, 0.25) is 0 Å². The molecule has 8 aliphatic rings. The first-order valence-corrected chi connectivity index (χ1v) is 10.4. The van der Waals surface area contributed by atoms with E-state index in [-0.39, 0.29) is 16.4 Å². The summed E-state index contributed by atoms with van der Waals surface area (Å²) < 4.78 is 6.75. The third kappa shape index (κ3) is 0.822. The number of allylic oxidation sites excluding steroid dienone is 2. The lowest BCUT2D eigenvalue weighted by Crippen LogP contribution is -2.69. The molecule has 0 radical (unpaired) electrons. The molecule has 2 heterocycles. The highest BCUT2D eigenvalue weighted by Gasteiger charge is 3.08. The zero-order valence-electron chi connectivity index (χ0n) is 14.9. The fraction of sp³-hybridized carbons (Fsp3) is 0.739. The molecule has 1 N–H and O–H groups in total. The summed E-state index contributed by atoms with van der Waals surface area (Å²) in [7, 11) is 0. The Morgan fingerprint density at radius 2 is 1.44 bits per heavy atom. The Morgan fingerprint density at radius 1 is 0.840 bits per heavy atom. The predicted molar refractivity (Wildman–Crippen MR) is 95.3 cm³/mol. The summed E-state index contributed by atoms with van der Waals surface area (Å²) in [6.07, 6.45) is 13.7. The number of aliphatic hydroxyl groups is 1. The largest absolute Gasteiger partial charge is 0.365 e. The molecule has 4 bridgehead atoms. The van der Waals surface area contributed by atoms with Crippen LogP contribution in [0.1, 0.15) is 38.5 Å². The summed E-state index contributed by atoms with van der Waals surface area (Å²) in [5.41, 5.74) is 0.0561. The lowest BCUT2D eigenvalue weighted by atomic mass is 9.35. The third-order valence-corrected chi connectivity index (χ3v) is 11.0. The Labute approximate surface area is 150 Å². The van der Waals surface area contributed by atoms with Crippen LogP contribution in [0.3, 0.4) is 0 Å². The number of rotatable bonds is 5. The van der Waals surface area contributed by atoms with Gasteiger partial charge in [0.15, 0.2) is 5.79 Å².